The number of nitrogens with two attached hydrogens (primary N) is 1. The molecule has 6 nitrogen and oxygen atoms in total. The molecule has 0 aliphatic rings. The van der Waals surface area contributed by atoms with Crippen molar-refractivity contribution in [1.29, 1.82) is 0 Å². The Morgan fingerprint density at radius 1 is 1.22 bits per heavy atom. The maximum absolute atomic E-state index is 13.1. The third kappa shape index (κ3) is 4.28. The van der Waals surface area contributed by atoms with E-state index < -0.39 is 0 Å². The van der Waals surface area contributed by atoms with Crippen LogP contribution in [0.5, 0.6) is 0 Å². The van der Waals surface area contributed by atoms with Gasteiger partial charge >= 0.3 is 0 Å². The number of thioether (sulfide) groups is 1. The first-order chi connectivity index (χ1) is 13.0. The molecule has 0 spiro atoms. The number of halogens is 1. The van der Waals surface area contributed by atoms with Gasteiger partial charge in [0.05, 0.1) is 5.75 Å². The summed E-state index contributed by atoms with van der Waals surface area (Å²) in [5.74, 6) is 6.10. The van der Waals surface area contributed by atoms with Crippen molar-refractivity contribution >= 4 is 23.4 Å². The largest absolute Gasteiger partial charge is 0.335 e. The van der Waals surface area contributed by atoms with E-state index in [1.54, 1.807) is 12.1 Å². The van der Waals surface area contributed by atoms with Crippen molar-refractivity contribution in [3.8, 4) is 11.4 Å². The molecule has 0 fully saturated rings. The van der Waals surface area contributed by atoms with Gasteiger partial charge in [-0.2, -0.15) is 0 Å². The number of benzene rings is 2. The van der Waals surface area contributed by atoms with E-state index in [0.717, 1.165) is 23.2 Å². The molecule has 8 heteroatoms. The molecule has 3 rings (SSSR count). The highest BCUT2D eigenvalue weighted by atomic mass is 32.2. The quantitative estimate of drug-likeness (QED) is 0.502. The minimum Gasteiger partial charge on any atom is -0.335 e. The molecule has 0 aliphatic heterocycles. The van der Waals surface area contributed by atoms with E-state index in [-0.39, 0.29) is 17.5 Å². The van der Waals surface area contributed by atoms with Crippen molar-refractivity contribution in [2.75, 3.05) is 16.9 Å². The van der Waals surface area contributed by atoms with E-state index in [1.165, 1.54) is 28.6 Å². The molecule has 0 atom stereocenters. The summed E-state index contributed by atoms with van der Waals surface area (Å²) in [6.45, 7) is 4.01. The molecule has 140 valence electrons. The number of anilines is 1. The number of rotatable bonds is 6. The lowest BCUT2D eigenvalue weighted by molar-refractivity contribution is -0.113. The Bertz CT molecular complexity index is 955. The van der Waals surface area contributed by atoms with Gasteiger partial charge in [-0.1, -0.05) is 36.9 Å². The zero-order valence-electron chi connectivity index (χ0n) is 15.1. The molecule has 0 bridgehead atoms. The molecule has 0 radical (unpaired) electrons. The minimum atomic E-state index is -0.337. The van der Waals surface area contributed by atoms with E-state index in [2.05, 4.69) is 15.5 Å². The van der Waals surface area contributed by atoms with Crippen LogP contribution in [-0.4, -0.2) is 26.5 Å². The number of nitrogen functional groups attached to an aromatic ring is 1. The lowest BCUT2D eigenvalue weighted by Crippen LogP contribution is -2.17. The number of para-hydroxylation sites is 1. The number of aryl methyl sites for hydroxylation is 2. The number of carbonyl (C=O) groups is 1. The molecular weight excluding hydrogens is 365 g/mol. The first kappa shape index (κ1) is 18.9. The summed E-state index contributed by atoms with van der Waals surface area (Å²) in [5.41, 5.74) is 3.62. The molecule has 0 unspecified atom stereocenters. The lowest BCUT2D eigenvalue weighted by Gasteiger charge is -2.12. The molecule has 1 aromatic heterocycles. The summed E-state index contributed by atoms with van der Waals surface area (Å²) in [4.78, 5) is 12.4. The Kier molecular flexibility index (Phi) is 5.75. The van der Waals surface area contributed by atoms with Crippen LogP contribution in [-0.2, 0) is 11.2 Å². The van der Waals surface area contributed by atoms with Crippen molar-refractivity contribution in [2.24, 2.45) is 0 Å². The van der Waals surface area contributed by atoms with E-state index in [1.807, 2.05) is 32.0 Å². The number of hydrogen-bond donors (Lipinski definition) is 2. The molecule has 27 heavy (non-hydrogen) atoms. The fourth-order valence-electron chi connectivity index (χ4n) is 2.68. The van der Waals surface area contributed by atoms with Crippen LogP contribution >= 0.6 is 11.8 Å². The number of nitrogens with one attached hydrogen (secondary N) is 1. The molecule has 0 saturated carbocycles. The second-order valence-corrected chi connectivity index (χ2v) is 6.93. The second kappa shape index (κ2) is 8.22. The van der Waals surface area contributed by atoms with Crippen molar-refractivity contribution in [3.63, 3.8) is 0 Å². The Morgan fingerprint density at radius 2 is 1.96 bits per heavy atom. The van der Waals surface area contributed by atoms with Gasteiger partial charge in [0.2, 0.25) is 11.1 Å². The van der Waals surface area contributed by atoms with Crippen molar-refractivity contribution in [3.05, 3.63) is 59.4 Å². The summed E-state index contributed by atoms with van der Waals surface area (Å²) in [6, 6.07) is 11.8. The molecule has 3 N–H and O–H groups in total. The van der Waals surface area contributed by atoms with Crippen molar-refractivity contribution < 1.29 is 9.18 Å². The van der Waals surface area contributed by atoms with Crippen LogP contribution in [0.1, 0.15) is 18.1 Å². The third-order valence-electron chi connectivity index (χ3n) is 4.10. The standard InChI is InChI=1S/C19H20FN5OS/c1-3-13-6-4-5-12(2)17(13)22-16(26)11-27-19-24-23-18(25(19)21)14-7-9-15(20)10-8-14/h4-10H,3,11,21H2,1-2H3,(H,22,26). The average molecular weight is 385 g/mol. The smallest absolute Gasteiger partial charge is 0.234 e. The Balaban J connectivity index is 1.67. The van der Waals surface area contributed by atoms with E-state index in [4.69, 9.17) is 5.84 Å². The Labute approximate surface area is 161 Å². The topological polar surface area (TPSA) is 85.8 Å². The number of carbonyl (C=O) groups excluding carboxylic acids is 1. The highest BCUT2D eigenvalue weighted by molar-refractivity contribution is 7.99. The lowest BCUT2D eigenvalue weighted by atomic mass is 10.1. The van der Waals surface area contributed by atoms with Crippen LogP contribution in [0.4, 0.5) is 10.1 Å². The van der Waals surface area contributed by atoms with Gasteiger partial charge in [0, 0.05) is 11.3 Å². The number of aromatic nitrogens is 3. The van der Waals surface area contributed by atoms with Gasteiger partial charge < -0.3 is 11.2 Å². The summed E-state index contributed by atoms with van der Waals surface area (Å²) < 4.78 is 14.4. The molecule has 0 saturated heterocycles. The highest BCUT2D eigenvalue weighted by Gasteiger charge is 2.15. The Hall–Kier alpha value is -2.87. The molecule has 1 heterocycles. The van der Waals surface area contributed by atoms with Crippen molar-refractivity contribution in [2.45, 2.75) is 25.4 Å². The summed E-state index contributed by atoms with van der Waals surface area (Å²) in [5, 5.41) is 11.4. The highest BCUT2D eigenvalue weighted by Crippen LogP contribution is 2.24. The fraction of sp³-hybridized carbons (Fsp3) is 0.211. The van der Waals surface area contributed by atoms with Gasteiger partial charge in [0.1, 0.15) is 5.82 Å². The van der Waals surface area contributed by atoms with Crippen LogP contribution in [0.2, 0.25) is 0 Å². The van der Waals surface area contributed by atoms with Crippen LogP contribution in [0.15, 0.2) is 47.6 Å². The monoisotopic (exact) mass is 385 g/mol. The SMILES string of the molecule is CCc1cccc(C)c1NC(=O)CSc1nnc(-c2ccc(F)cc2)n1N. The molecule has 0 aliphatic carbocycles. The van der Waals surface area contributed by atoms with E-state index in [0.29, 0.717) is 16.5 Å². The van der Waals surface area contributed by atoms with Gasteiger partial charge in [-0.15, -0.1) is 10.2 Å². The van der Waals surface area contributed by atoms with Gasteiger partial charge in [0.25, 0.3) is 0 Å². The predicted molar refractivity (Wildman–Crippen MR) is 105 cm³/mol. The molecule has 3 aromatic rings. The van der Waals surface area contributed by atoms with E-state index in [9.17, 15) is 9.18 Å². The van der Waals surface area contributed by atoms with Gasteiger partial charge in [0.15, 0.2) is 5.82 Å². The fourth-order valence-corrected chi connectivity index (χ4v) is 3.34. The zero-order chi connectivity index (χ0) is 19.4. The van der Waals surface area contributed by atoms with Crippen LogP contribution in [0.25, 0.3) is 11.4 Å². The molecule has 1 amide bonds. The minimum absolute atomic E-state index is 0.143. The summed E-state index contributed by atoms with van der Waals surface area (Å²) in [7, 11) is 0. The van der Waals surface area contributed by atoms with E-state index >= 15 is 0 Å². The number of hydrogen-bond acceptors (Lipinski definition) is 5. The average Bonchev–Trinajstić information content (AvgIpc) is 3.03. The maximum Gasteiger partial charge on any atom is 0.234 e. The third-order valence-corrected chi connectivity index (χ3v) is 5.05. The second-order valence-electron chi connectivity index (χ2n) is 5.98. The predicted octanol–water partition coefficient (Wildman–Crippen LogP) is 3.40. The zero-order valence-corrected chi connectivity index (χ0v) is 15.9. The first-order valence-electron chi connectivity index (χ1n) is 8.47. The molecular formula is C19H20FN5OS. The summed E-state index contributed by atoms with van der Waals surface area (Å²) >= 11 is 1.19. The number of nitrogens with zero attached hydrogens (tertiary/aromatic N) is 3. The maximum atomic E-state index is 13.1. The number of amides is 1. The van der Waals surface area contributed by atoms with Gasteiger partial charge in [-0.3, -0.25) is 4.79 Å². The summed E-state index contributed by atoms with van der Waals surface area (Å²) in [6.07, 6.45) is 0.836. The van der Waals surface area contributed by atoms with Gasteiger partial charge in [-0.25, -0.2) is 9.07 Å². The van der Waals surface area contributed by atoms with Crippen LogP contribution in [0.3, 0.4) is 0 Å². The van der Waals surface area contributed by atoms with Gasteiger partial charge in [-0.05, 0) is 48.7 Å². The molecule has 2 aromatic carbocycles. The van der Waals surface area contributed by atoms with Crippen LogP contribution in [0, 0.1) is 12.7 Å². The normalized spacial score (nSPS) is 10.8. The van der Waals surface area contributed by atoms with Crippen molar-refractivity contribution in [1.82, 2.24) is 14.9 Å². The first-order valence-corrected chi connectivity index (χ1v) is 9.45. The Morgan fingerprint density at radius 3 is 2.67 bits per heavy atom. The van der Waals surface area contributed by atoms with Crippen LogP contribution < -0.4 is 11.2 Å².